The molecule has 6 nitrogen and oxygen atoms in total. The first-order valence-corrected chi connectivity index (χ1v) is 9.24. The van der Waals surface area contributed by atoms with Crippen LogP contribution in [-0.2, 0) is 20.8 Å². The molecular formula is C19H25F3N2O4. The third kappa shape index (κ3) is 5.36. The van der Waals surface area contributed by atoms with Gasteiger partial charge in [-0.1, -0.05) is 12.1 Å². The highest BCUT2D eigenvalue weighted by Gasteiger charge is 2.42. The Morgan fingerprint density at radius 1 is 1.29 bits per heavy atom. The quantitative estimate of drug-likeness (QED) is 0.774. The van der Waals surface area contributed by atoms with Crippen LogP contribution in [0.3, 0.4) is 0 Å². The van der Waals surface area contributed by atoms with Crippen molar-refractivity contribution in [3.63, 3.8) is 0 Å². The molecule has 1 atom stereocenters. The molecule has 0 N–H and O–H groups in total. The van der Waals surface area contributed by atoms with E-state index in [2.05, 4.69) is 9.64 Å². The van der Waals surface area contributed by atoms with E-state index in [4.69, 9.17) is 9.47 Å². The maximum absolute atomic E-state index is 12.4. The van der Waals surface area contributed by atoms with E-state index in [1.165, 1.54) is 12.1 Å². The van der Waals surface area contributed by atoms with Crippen LogP contribution < -0.4 is 4.74 Å². The maximum Gasteiger partial charge on any atom is 0.573 e. The Hall–Kier alpha value is -1.84. The van der Waals surface area contributed by atoms with E-state index in [0.717, 1.165) is 0 Å². The first kappa shape index (κ1) is 20.9. The molecule has 156 valence electrons. The molecule has 1 amide bonds. The molecule has 1 aromatic rings. The number of ether oxygens (including phenoxy) is 3. The lowest BCUT2D eigenvalue weighted by atomic mass is 10.0. The SMILES string of the molecule is CC(C)N1CC2(COCC1=O)CN(Cc1cccc(OC(F)(F)F)c1)CCO2. The van der Waals surface area contributed by atoms with E-state index in [1.807, 2.05) is 13.8 Å². The van der Waals surface area contributed by atoms with Gasteiger partial charge < -0.3 is 19.1 Å². The van der Waals surface area contributed by atoms with Crippen molar-refractivity contribution in [3.8, 4) is 5.75 Å². The van der Waals surface area contributed by atoms with Crippen molar-refractivity contribution < 1.29 is 32.2 Å². The fourth-order valence-corrected chi connectivity index (χ4v) is 3.66. The molecule has 0 aliphatic carbocycles. The van der Waals surface area contributed by atoms with E-state index in [0.29, 0.717) is 45.0 Å². The Bertz CT molecular complexity index is 698. The van der Waals surface area contributed by atoms with Crippen molar-refractivity contribution in [1.82, 2.24) is 9.80 Å². The van der Waals surface area contributed by atoms with Crippen LogP contribution in [0.2, 0.25) is 0 Å². The van der Waals surface area contributed by atoms with Gasteiger partial charge in [0.2, 0.25) is 5.91 Å². The molecule has 9 heteroatoms. The Morgan fingerprint density at radius 3 is 2.79 bits per heavy atom. The molecule has 3 rings (SSSR count). The second-order valence-corrected chi connectivity index (χ2v) is 7.55. The normalized spacial score (nSPS) is 24.6. The van der Waals surface area contributed by atoms with Gasteiger partial charge in [-0.2, -0.15) is 0 Å². The Balaban J connectivity index is 1.69. The second kappa shape index (κ2) is 8.26. The summed E-state index contributed by atoms with van der Waals surface area (Å²) < 4.78 is 52.9. The zero-order chi connectivity index (χ0) is 20.4. The van der Waals surface area contributed by atoms with Crippen LogP contribution in [-0.4, -0.2) is 73.2 Å². The van der Waals surface area contributed by atoms with Crippen molar-refractivity contribution in [3.05, 3.63) is 29.8 Å². The Kier molecular flexibility index (Phi) is 6.16. The summed E-state index contributed by atoms with van der Waals surface area (Å²) >= 11 is 0. The van der Waals surface area contributed by atoms with Gasteiger partial charge in [0, 0.05) is 25.7 Å². The number of alkyl halides is 3. The number of morpholine rings is 1. The third-order valence-electron chi connectivity index (χ3n) is 4.86. The number of halogens is 3. The van der Waals surface area contributed by atoms with E-state index in [9.17, 15) is 18.0 Å². The molecule has 1 spiro atoms. The van der Waals surface area contributed by atoms with Gasteiger partial charge >= 0.3 is 6.36 Å². The first-order chi connectivity index (χ1) is 13.2. The zero-order valence-electron chi connectivity index (χ0n) is 16.0. The van der Waals surface area contributed by atoms with Crippen molar-refractivity contribution >= 4 is 5.91 Å². The van der Waals surface area contributed by atoms with Gasteiger partial charge in [0.15, 0.2) is 0 Å². The van der Waals surface area contributed by atoms with Crippen LogP contribution in [0.25, 0.3) is 0 Å². The largest absolute Gasteiger partial charge is 0.573 e. The van der Waals surface area contributed by atoms with Crippen LogP contribution >= 0.6 is 0 Å². The fraction of sp³-hybridized carbons (Fsp3) is 0.632. The molecule has 1 aromatic carbocycles. The number of amides is 1. The lowest BCUT2D eigenvalue weighted by molar-refractivity contribution is -0.274. The summed E-state index contributed by atoms with van der Waals surface area (Å²) in [5.41, 5.74) is 0.0690. The molecule has 2 heterocycles. The molecule has 2 saturated heterocycles. The van der Waals surface area contributed by atoms with Gasteiger partial charge in [-0.3, -0.25) is 9.69 Å². The lowest BCUT2D eigenvalue weighted by Crippen LogP contribution is -2.59. The minimum atomic E-state index is -4.72. The second-order valence-electron chi connectivity index (χ2n) is 7.55. The number of carbonyl (C=O) groups is 1. The van der Waals surface area contributed by atoms with Crippen LogP contribution in [0.15, 0.2) is 24.3 Å². The smallest absolute Gasteiger partial charge is 0.406 e. The molecule has 2 aliphatic rings. The monoisotopic (exact) mass is 402 g/mol. The summed E-state index contributed by atoms with van der Waals surface area (Å²) in [5.74, 6) is -0.299. The summed E-state index contributed by atoms with van der Waals surface area (Å²) in [6.07, 6.45) is -4.72. The number of carbonyl (C=O) groups excluding carboxylic acids is 1. The maximum atomic E-state index is 12.4. The molecule has 0 aromatic heterocycles. The average molecular weight is 402 g/mol. The van der Waals surface area contributed by atoms with Crippen molar-refractivity contribution in [2.75, 3.05) is 39.5 Å². The van der Waals surface area contributed by atoms with Crippen LogP contribution in [0.4, 0.5) is 13.2 Å². The van der Waals surface area contributed by atoms with E-state index in [-0.39, 0.29) is 24.3 Å². The highest BCUT2D eigenvalue weighted by Crippen LogP contribution is 2.27. The molecule has 0 saturated carbocycles. The van der Waals surface area contributed by atoms with Gasteiger partial charge in [-0.05, 0) is 31.5 Å². The molecule has 0 radical (unpaired) electrons. The predicted octanol–water partition coefficient (Wildman–Crippen LogP) is 2.42. The number of hydrogen-bond donors (Lipinski definition) is 0. The van der Waals surface area contributed by atoms with Crippen LogP contribution in [0.1, 0.15) is 19.4 Å². The minimum Gasteiger partial charge on any atom is -0.406 e. The average Bonchev–Trinajstić information content (AvgIpc) is 2.73. The van der Waals surface area contributed by atoms with Crippen LogP contribution in [0.5, 0.6) is 5.75 Å². The number of rotatable bonds is 4. The lowest BCUT2D eigenvalue weighted by Gasteiger charge is -2.44. The summed E-state index contributed by atoms with van der Waals surface area (Å²) in [7, 11) is 0. The van der Waals surface area contributed by atoms with Crippen molar-refractivity contribution in [2.45, 2.75) is 38.4 Å². The topological polar surface area (TPSA) is 51.2 Å². The van der Waals surface area contributed by atoms with E-state index >= 15 is 0 Å². The minimum absolute atomic E-state index is 0.0279. The number of benzene rings is 1. The number of nitrogens with zero attached hydrogens (tertiary/aromatic N) is 2. The van der Waals surface area contributed by atoms with Gasteiger partial charge in [0.1, 0.15) is 18.0 Å². The van der Waals surface area contributed by atoms with Gasteiger partial charge in [-0.15, -0.1) is 13.2 Å². The zero-order valence-corrected chi connectivity index (χ0v) is 16.0. The van der Waals surface area contributed by atoms with E-state index in [1.54, 1.807) is 17.0 Å². The molecule has 2 aliphatic heterocycles. The molecular weight excluding hydrogens is 377 g/mol. The summed E-state index contributed by atoms with van der Waals surface area (Å²) in [6, 6.07) is 6.01. The van der Waals surface area contributed by atoms with Gasteiger partial charge in [-0.25, -0.2) is 0 Å². The molecule has 2 fully saturated rings. The summed E-state index contributed by atoms with van der Waals surface area (Å²) in [4.78, 5) is 16.1. The molecule has 0 bridgehead atoms. The fourth-order valence-electron chi connectivity index (χ4n) is 3.66. The first-order valence-electron chi connectivity index (χ1n) is 9.24. The highest BCUT2D eigenvalue weighted by atomic mass is 19.4. The van der Waals surface area contributed by atoms with E-state index < -0.39 is 12.0 Å². The Labute approximate surface area is 162 Å². The van der Waals surface area contributed by atoms with Crippen molar-refractivity contribution in [2.24, 2.45) is 0 Å². The summed E-state index contributed by atoms with van der Waals surface area (Å²) in [6.45, 7) is 6.73. The van der Waals surface area contributed by atoms with Crippen LogP contribution in [0, 0.1) is 0 Å². The standard InChI is InChI=1S/C19H25F3N2O4/c1-14(2)24-12-18(13-26-10-17(24)25)11-23(6-7-27-18)9-15-4-3-5-16(8-15)28-19(20,21)22/h3-5,8,14H,6-7,9-13H2,1-2H3. The third-order valence-corrected chi connectivity index (χ3v) is 4.86. The highest BCUT2D eigenvalue weighted by molar-refractivity contribution is 5.78. The predicted molar refractivity (Wildman–Crippen MR) is 94.8 cm³/mol. The molecule has 28 heavy (non-hydrogen) atoms. The Morgan fingerprint density at radius 2 is 2.07 bits per heavy atom. The molecule has 1 unspecified atom stereocenters. The number of hydrogen-bond acceptors (Lipinski definition) is 5. The van der Waals surface area contributed by atoms with Gasteiger partial charge in [0.05, 0.1) is 19.8 Å². The summed E-state index contributed by atoms with van der Waals surface area (Å²) in [5, 5.41) is 0. The van der Waals surface area contributed by atoms with Gasteiger partial charge in [0.25, 0.3) is 0 Å². The van der Waals surface area contributed by atoms with Crippen molar-refractivity contribution in [1.29, 1.82) is 0 Å².